The van der Waals surface area contributed by atoms with Crippen LogP contribution in [0.15, 0.2) is 0 Å². The molecule has 5 rings (SSSR count). The summed E-state index contributed by atoms with van der Waals surface area (Å²) in [4.78, 5) is 18.0. The predicted molar refractivity (Wildman–Crippen MR) is 123 cm³/mol. The molecule has 30 heavy (non-hydrogen) atoms. The number of hydrogen-bond donors (Lipinski definition) is 0. The van der Waals surface area contributed by atoms with Crippen molar-refractivity contribution < 1.29 is 4.79 Å². The Hall–Kier alpha value is -0.410. The first kappa shape index (κ1) is 21.4. The molecule has 0 bridgehead atoms. The van der Waals surface area contributed by atoms with Crippen molar-refractivity contribution >= 4 is 5.78 Å². The number of nitrogens with zero attached hydrogens (tertiary/aromatic N) is 2. The van der Waals surface area contributed by atoms with Crippen molar-refractivity contribution in [3.63, 3.8) is 0 Å². The third kappa shape index (κ3) is 3.81. The van der Waals surface area contributed by atoms with Crippen molar-refractivity contribution in [3.05, 3.63) is 0 Å². The van der Waals surface area contributed by atoms with Crippen molar-refractivity contribution in [1.29, 1.82) is 0 Å². The Morgan fingerprint density at radius 1 is 0.767 bits per heavy atom. The highest BCUT2D eigenvalue weighted by Gasteiger charge is 2.54. The van der Waals surface area contributed by atoms with E-state index >= 15 is 0 Å². The molecule has 2 aliphatic heterocycles. The molecule has 0 amide bonds. The second-order valence-electron chi connectivity index (χ2n) is 13.0. The molecule has 2 heterocycles. The Kier molecular flexibility index (Phi) is 5.62. The maximum atomic E-state index is 12.3. The van der Waals surface area contributed by atoms with Gasteiger partial charge in [0.15, 0.2) is 0 Å². The standard InChI is InChI=1S/C27H46N2O/c1-19(2)22-13-27(14-22)17-29(18-27)23-7-11-28(12-8-23)24-15-26(16-24)9-5-21(6-10-26)25(30)20(3)4/h19-24H,5-18H2,1-4H3. The van der Waals surface area contributed by atoms with Crippen LogP contribution in [0.3, 0.4) is 0 Å². The SMILES string of the molecule is CC(C)C(=O)C1CCC2(CC1)CC(N1CCC(N3CC4(CC(C(C)C)C4)C3)CC1)C2. The maximum absolute atomic E-state index is 12.3. The normalized spacial score (nSPS) is 38.1. The van der Waals surface area contributed by atoms with E-state index < -0.39 is 0 Å². The molecule has 0 unspecified atom stereocenters. The topological polar surface area (TPSA) is 23.6 Å². The Balaban J connectivity index is 1.01. The molecule has 3 nitrogen and oxygen atoms in total. The van der Waals surface area contributed by atoms with Crippen LogP contribution in [-0.4, -0.2) is 53.8 Å². The van der Waals surface area contributed by atoms with Crippen molar-refractivity contribution in [2.24, 2.45) is 34.5 Å². The molecule has 0 aromatic heterocycles. The highest BCUT2D eigenvalue weighted by atomic mass is 16.1. The predicted octanol–water partition coefficient (Wildman–Crippen LogP) is 5.38. The molecule has 0 N–H and O–H groups in total. The molecule has 2 saturated heterocycles. The van der Waals surface area contributed by atoms with Crippen LogP contribution in [0, 0.1) is 34.5 Å². The number of carbonyl (C=O) groups excluding carboxylic acids is 1. The molecule has 2 spiro atoms. The summed E-state index contributed by atoms with van der Waals surface area (Å²) in [6.45, 7) is 14.4. The number of ketones is 1. The van der Waals surface area contributed by atoms with E-state index in [1.165, 1.54) is 90.4 Å². The van der Waals surface area contributed by atoms with Gasteiger partial charge in [0.05, 0.1) is 0 Å². The van der Waals surface area contributed by atoms with Gasteiger partial charge < -0.3 is 4.90 Å². The summed E-state index contributed by atoms with van der Waals surface area (Å²) >= 11 is 0. The van der Waals surface area contributed by atoms with Crippen LogP contribution in [0.1, 0.15) is 91.9 Å². The Labute approximate surface area is 185 Å². The summed E-state index contributed by atoms with van der Waals surface area (Å²) in [7, 11) is 0. The second-order valence-corrected chi connectivity index (χ2v) is 13.0. The molecule has 170 valence electrons. The third-order valence-electron chi connectivity index (χ3n) is 10.3. The monoisotopic (exact) mass is 414 g/mol. The molecule has 5 aliphatic rings. The molecular weight excluding hydrogens is 368 g/mol. The van der Waals surface area contributed by atoms with Crippen LogP contribution in [0.5, 0.6) is 0 Å². The Morgan fingerprint density at radius 2 is 1.37 bits per heavy atom. The number of carbonyl (C=O) groups is 1. The molecule has 0 aromatic carbocycles. The fraction of sp³-hybridized carbons (Fsp3) is 0.963. The summed E-state index contributed by atoms with van der Waals surface area (Å²) in [5, 5.41) is 0. The molecule has 5 fully saturated rings. The largest absolute Gasteiger partial charge is 0.300 e. The van der Waals surface area contributed by atoms with E-state index in [1.807, 2.05) is 0 Å². The van der Waals surface area contributed by atoms with Crippen molar-refractivity contribution in [3.8, 4) is 0 Å². The van der Waals surface area contributed by atoms with Gasteiger partial charge in [-0.2, -0.15) is 0 Å². The molecule has 0 radical (unpaired) electrons. The smallest absolute Gasteiger partial charge is 0.138 e. The number of piperidine rings is 1. The molecule has 3 aliphatic carbocycles. The van der Waals surface area contributed by atoms with Gasteiger partial charge in [0.25, 0.3) is 0 Å². The average Bonchev–Trinajstić information content (AvgIpc) is 2.63. The molecule has 3 saturated carbocycles. The van der Waals surface area contributed by atoms with Crippen molar-refractivity contribution in [2.75, 3.05) is 26.2 Å². The van der Waals surface area contributed by atoms with E-state index in [1.54, 1.807) is 0 Å². The van der Waals surface area contributed by atoms with Gasteiger partial charge in [0.2, 0.25) is 0 Å². The van der Waals surface area contributed by atoms with E-state index in [4.69, 9.17) is 0 Å². The Morgan fingerprint density at radius 3 is 1.90 bits per heavy atom. The van der Waals surface area contributed by atoms with Crippen LogP contribution in [-0.2, 0) is 4.79 Å². The van der Waals surface area contributed by atoms with E-state index in [-0.39, 0.29) is 5.92 Å². The van der Waals surface area contributed by atoms with Gasteiger partial charge >= 0.3 is 0 Å². The van der Waals surface area contributed by atoms with Crippen LogP contribution < -0.4 is 0 Å². The summed E-state index contributed by atoms with van der Waals surface area (Å²) in [5.41, 5.74) is 1.35. The number of Topliss-reactive ketones (excluding diaryl/α,β-unsaturated/α-hetero) is 1. The highest BCUT2D eigenvalue weighted by molar-refractivity contribution is 5.82. The van der Waals surface area contributed by atoms with Gasteiger partial charge in [-0.15, -0.1) is 0 Å². The summed E-state index contributed by atoms with van der Waals surface area (Å²) < 4.78 is 0. The van der Waals surface area contributed by atoms with Crippen LogP contribution in [0.4, 0.5) is 0 Å². The van der Waals surface area contributed by atoms with Crippen molar-refractivity contribution in [1.82, 2.24) is 9.80 Å². The summed E-state index contributed by atoms with van der Waals surface area (Å²) in [6.07, 6.45) is 13.6. The number of likely N-dealkylation sites (tertiary alicyclic amines) is 2. The van der Waals surface area contributed by atoms with E-state index in [0.717, 1.165) is 29.3 Å². The van der Waals surface area contributed by atoms with Crippen molar-refractivity contribution in [2.45, 2.75) is 104 Å². The molecular formula is C27H46N2O. The zero-order chi connectivity index (χ0) is 21.1. The lowest BCUT2D eigenvalue weighted by molar-refractivity contribution is -0.135. The molecule has 0 atom stereocenters. The minimum atomic E-state index is 0.224. The lowest BCUT2D eigenvalue weighted by Gasteiger charge is -2.63. The van der Waals surface area contributed by atoms with Gasteiger partial charge in [0.1, 0.15) is 5.78 Å². The number of rotatable bonds is 5. The number of hydrogen-bond acceptors (Lipinski definition) is 3. The lowest BCUT2D eigenvalue weighted by atomic mass is 9.54. The fourth-order valence-electron chi connectivity index (χ4n) is 8.06. The maximum Gasteiger partial charge on any atom is 0.138 e. The van der Waals surface area contributed by atoms with Gasteiger partial charge in [-0.1, -0.05) is 27.7 Å². The molecule has 0 aromatic rings. The lowest BCUT2D eigenvalue weighted by Crippen LogP contribution is -2.66. The van der Waals surface area contributed by atoms with Gasteiger partial charge in [-0.05, 0) is 100.0 Å². The second kappa shape index (κ2) is 7.87. The quantitative estimate of drug-likeness (QED) is 0.603. The third-order valence-corrected chi connectivity index (χ3v) is 10.3. The van der Waals surface area contributed by atoms with Gasteiger partial charge in [-0.25, -0.2) is 0 Å². The van der Waals surface area contributed by atoms with Crippen LogP contribution in [0.25, 0.3) is 0 Å². The van der Waals surface area contributed by atoms with Gasteiger partial charge in [-0.3, -0.25) is 9.69 Å². The summed E-state index contributed by atoms with van der Waals surface area (Å²) in [6, 6.07) is 1.72. The first-order valence-electron chi connectivity index (χ1n) is 13.3. The fourth-order valence-corrected chi connectivity index (χ4v) is 8.06. The van der Waals surface area contributed by atoms with E-state index in [2.05, 4.69) is 37.5 Å². The average molecular weight is 415 g/mol. The van der Waals surface area contributed by atoms with E-state index in [9.17, 15) is 4.79 Å². The minimum Gasteiger partial charge on any atom is -0.300 e. The van der Waals surface area contributed by atoms with Gasteiger partial charge in [0, 0.05) is 37.0 Å². The first-order chi connectivity index (χ1) is 14.3. The highest BCUT2D eigenvalue weighted by Crippen LogP contribution is 2.56. The Bertz CT molecular complexity index is 617. The van der Waals surface area contributed by atoms with Crippen LogP contribution >= 0.6 is 0 Å². The zero-order valence-corrected chi connectivity index (χ0v) is 20.2. The van der Waals surface area contributed by atoms with E-state index in [0.29, 0.717) is 17.1 Å². The zero-order valence-electron chi connectivity index (χ0n) is 20.2. The van der Waals surface area contributed by atoms with Crippen LogP contribution in [0.2, 0.25) is 0 Å². The first-order valence-corrected chi connectivity index (χ1v) is 13.3. The summed E-state index contributed by atoms with van der Waals surface area (Å²) in [5.74, 6) is 3.03. The molecule has 3 heteroatoms. The minimum absolute atomic E-state index is 0.224.